The van der Waals surface area contributed by atoms with E-state index in [0.717, 1.165) is 10.6 Å². The molecule has 3 aromatic carbocycles. The Labute approximate surface area is 171 Å². The van der Waals surface area contributed by atoms with Crippen molar-refractivity contribution in [1.29, 1.82) is 0 Å². The van der Waals surface area contributed by atoms with Crippen LogP contribution in [0.4, 0.5) is 17.1 Å². The Morgan fingerprint density at radius 2 is 1.45 bits per heavy atom. The molecule has 0 fully saturated rings. The number of anilines is 2. The summed E-state index contributed by atoms with van der Waals surface area (Å²) >= 11 is 1.39. The third-order valence-electron chi connectivity index (χ3n) is 3.88. The first-order valence-corrected chi connectivity index (χ1v) is 9.63. The number of non-ortho nitro benzene ring substituents is 1. The van der Waals surface area contributed by atoms with Gasteiger partial charge in [-0.05, 0) is 48.5 Å². The van der Waals surface area contributed by atoms with Gasteiger partial charge in [-0.25, -0.2) is 0 Å². The van der Waals surface area contributed by atoms with Gasteiger partial charge in [0.2, 0.25) is 5.91 Å². The van der Waals surface area contributed by atoms with Crippen LogP contribution >= 0.6 is 11.8 Å². The highest BCUT2D eigenvalue weighted by molar-refractivity contribution is 8.00. The van der Waals surface area contributed by atoms with Crippen molar-refractivity contribution in [3.8, 4) is 0 Å². The average molecular weight is 407 g/mol. The first-order valence-electron chi connectivity index (χ1n) is 8.65. The Balaban J connectivity index is 1.51. The Morgan fingerprint density at radius 1 is 0.828 bits per heavy atom. The average Bonchev–Trinajstić information content (AvgIpc) is 2.74. The van der Waals surface area contributed by atoms with E-state index in [4.69, 9.17) is 0 Å². The lowest BCUT2D eigenvalue weighted by atomic mass is 10.2. The zero-order chi connectivity index (χ0) is 20.6. The molecule has 0 aliphatic rings. The van der Waals surface area contributed by atoms with Crippen molar-refractivity contribution in [2.24, 2.45) is 0 Å². The molecule has 7 nitrogen and oxygen atoms in total. The van der Waals surface area contributed by atoms with Crippen LogP contribution in [0, 0.1) is 10.1 Å². The van der Waals surface area contributed by atoms with E-state index in [0.29, 0.717) is 11.3 Å². The van der Waals surface area contributed by atoms with Crippen LogP contribution < -0.4 is 10.6 Å². The van der Waals surface area contributed by atoms with E-state index in [1.165, 1.54) is 36.0 Å². The zero-order valence-corrected chi connectivity index (χ0v) is 16.0. The van der Waals surface area contributed by atoms with E-state index in [1.807, 2.05) is 42.5 Å². The van der Waals surface area contributed by atoms with E-state index < -0.39 is 4.92 Å². The zero-order valence-electron chi connectivity index (χ0n) is 15.2. The summed E-state index contributed by atoms with van der Waals surface area (Å²) in [7, 11) is 0. The fourth-order valence-electron chi connectivity index (χ4n) is 2.44. The van der Waals surface area contributed by atoms with Gasteiger partial charge in [0.25, 0.3) is 11.6 Å². The van der Waals surface area contributed by atoms with Gasteiger partial charge >= 0.3 is 0 Å². The third-order valence-corrected chi connectivity index (χ3v) is 4.89. The normalized spacial score (nSPS) is 10.2. The molecular formula is C21H17N3O4S. The van der Waals surface area contributed by atoms with Crippen molar-refractivity contribution in [2.45, 2.75) is 4.90 Å². The first-order chi connectivity index (χ1) is 14.0. The molecule has 2 N–H and O–H groups in total. The van der Waals surface area contributed by atoms with Crippen molar-refractivity contribution in [1.82, 2.24) is 0 Å². The Hall–Kier alpha value is -3.65. The van der Waals surface area contributed by atoms with Crippen molar-refractivity contribution < 1.29 is 14.5 Å². The van der Waals surface area contributed by atoms with Crippen LogP contribution in [0.3, 0.4) is 0 Å². The second-order valence-corrected chi connectivity index (χ2v) is 7.03. The number of carbonyl (C=O) groups is 2. The molecule has 0 aliphatic carbocycles. The number of hydrogen-bond donors (Lipinski definition) is 2. The third kappa shape index (κ3) is 5.91. The molecule has 3 rings (SSSR count). The minimum atomic E-state index is -0.516. The van der Waals surface area contributed by atoms with Gasteiger partial charge in [-0.3, -0.25) is 19.7 Å². The number of nitro groups is 1. The molecule has 0 aliphatic heterocycles. The highest BCUT2D eigenvalue weighted by Gasteiger charge is 2.10. The summed E-state index contributed by atoms with van der Waals surface area (Å²) in [6, 6.07) is 21.7. The van der Waals surface area contributed by atoms with Gasteiger partial charge in [0.05, 0.1) is 10.7 Å². The molecular weight excluding hydrogens is 390 g/mol. The van der Waals surface area contributed by atoms with Crippen LogP contribution in [0.2, 0.25) is 0 Å². The summed E-state index contributed by atoms with van der Waals surface area (Å²) in [6.07, 6.45) is 0. The lowest BCUT2D eigenvalue weighted by Crippen LogP contribution is -2.13. The summed E-state index contributed by atoms with van der Waals surface area (Å²) in [5.41, 5.74) is 1.60. The Kier molecular flexibility index (Phi) is 6.59. The van der Waals surface area contributed by atoms with Crippen molar-refractivity contribution in [2.75, 3.05) is 16.4 Å². The quantitative estimate of drug-likeness (QED) is 0.339. The van der Waals surface area contributed by atoms with Gasteiger partial charge in [0.15, 0.2) is 0 Å². The highest BCUT2D eigenvalue weighted by atomic mass is 32.2. The van der Waals surface area contributed by atoms with Crippen molar-refractivity contribution in [3.05, 3.63) is 94.5 Å². The number of para-hydroxylation sites is 1. The number of nitrogens with one attached hydrogen (secondary N) is 2. The van der Waals surface area contributed by atoms with E-state index in [2.05, 4.69) is 10.6 Å². The Morgan fingerprint density at radius 3 is 2.07 bits per heavy atom. The number of nitrogens with zero attached hydrogens (tertiary/aromatic N) is 1. The molecule has 29 heavy (non-hydrogen) atoms. The number of nitro benzene ring substituents is 1. The molecule has 0 atom stereocenters. The van der Waals surface area contributed by atoms with Crippen LogP contribution in [0.25, 0.3) is 0 Å². The van der Waals surface area contributed by atoms with E-state index in [-0.39, 0.29) is 23.3 Å². The van der Waals surface area contributed by atoms with Crippen LogP contribution in [-0.2, 0) is 4.79 Å². The molecule has 0 saturated carbocycles. The molecule has 0 bridgehead atoms. The topological polar surface area (TPSA) is 101 Å². The second kappa shape index (κ2) is 9.52. The number of carbonyl (C=O) groups excluding carboxylic acids is 2. The number of rotatable bonds is 7. The molecule has 0 heterocycles. The van der Waals surface area contributed by atoms with Gasteiger partial charge in [0, 0.05) is 34.0 Å². The number of thioether (sulfide) groups is 1. The Bertz CT molecular complexity index is 1010. The predicted octanol–water partition coefficient (Wildman–Crippen LogP) is 4.58. The predicted molar refractivity (Wildman–Crippen MR) is 113 cm³/mol. The molecule has 0 saturated heterocycles. The van der Waals surface area contributed by atoms with Crippen LogP contribution in [0.5, 0.6) is 0 Å². The van der Waals surface area contributed by atoms with Gasteiger partial charge in [-0.1, -0.05) is 18.2 Å². The summed E-state index contributed by atoms with van der Waals surface area (Å²) in [6.45, 7) is 0. The summed E-state index contributed by atoms with van der Waals surface area (Å²) in [5.74, 6) is -0.192. The molecule has 0 spiro atoms. The maximum atomic E-state index is 12.2. The lowest BCUT2D eigenvalue weighted by Gasteiger charge is -2.07. The maximum absolute atomic E-state index is 12.2. The summed E-state index contributed by atoms with van der Waals surface area (Å²) in [5, 5.41) is 16.2. The van der Waals surface area contributed by atoms with Crippen LogP contribution in [0.15, 0.2) is 83.8 Å². The van der Waals surface area contributed by atoms with Crippen LogP contribution in [-0.4, -0.2) is 22.5 Å². The monoisotopic (exact) mass is 407 g/mol. The summed E-state index contributed by atoms with van der Waals surface area (Å²) in [4.78, 5) is 35.3. The molecule has 0 unspecified atom stereocenters. The van der Waals surface area contributed by atoms with Crippen LogP contribution in [0.1, 0.15) is 10.4 Å². The van der Waals surface area contributed by atoms with Crippen molar-refractivity contribution >= 4 is 40.6 Å². The van der Waals surface area contributed by atoms with E-state index in [1.54, 1.807) is 12.1 Å². The number of amides is 2. The second-order valence-electron chi connectivity index (χ2n) is 5.99. The SMILES string of the molecule is O=C(CSc1ccc(NC(=O)c2ccc([N+](=O)[O-])cc2)cc1)Nc1ccccc1. The number of benzene rings is 3. The molecule has 0 radical (unpaired) electrons. The van der Waals surface area contributed by atoms with E-state index in [9.17, 15) is 19.7 Å². The molecule has 0 aromatic heterocycles. The fourth-order valence-corrected chi connectivity index (χ4v) is 3.14. The van der Waals surface area contributed by atoms with Gasteiger partial charge < -0.3 is 10.6 Å². The molecule has 3 aromatic rings. The van der Waals surface area contributed by atoms with E-state index >= 15 is 0 Å². The maximum Gasteiger partial charge on any atom is 0.269 e. The van der Waals surface area contributed by atoms with Gasteiger partial charge in [-0.2, -0.15) is 0 Å². The lowest BCUT2D eigenvalue weighted by molar-refractivity contribution is -0.384. The summed E-state index contributed by atoms with van der Waals surface area (Å²) < 4.78 is 0. The minimum Gasteiger partial charge on any atom is -0.325 e. The van der Waals surface area contributed by atoms with Gasteiger partial charge in [-0.15, -0.1) is 11.8 Å². The smallest absolute Gasteiger partial charge is 0.269 e. The van der Waals surface area contributed by atoms with Gasteiger partial charge in [0.1, 0.15) is 0 Å². The fraction of sp³-hybridized carbons (Fsp3) is 0.0476. The molecule has 8 heteroatoms. The highest BCUT2D eigenvalue weighted by Crippen LogP contribution is 2.21. The largest absolute Gasteiger partial charge is 0.325 e. The van der Waals surface area contributed by atoms with Crippen molar-refractivity contribution in [3.63, 3.8) is 0 Å². The molecule has 146 valence electrons. The standard InChI is InChI=1S/C21H17N3O4S/c25-20(22-16-4-2-1-3-5-16)14-29-19-12-8-17(9-13-19)23-21(26)15-6-10-18(11-7-15)24(27)28/h1-13H,14H2,(H,22,25)(H,23,26). The molecule has 2 amide bonds. The minimum absolute atomic E-state index is 0.0702. The number of hydrogen-bond acceptors (Lipinski definition) is 5. The first kappa shape index (κ1) is 20.1.